The fourth-order valence-electron chi connectivity index (χ4n) is 2.26. The first-order valence-electron chi connectivity index (χ1n) is 8.35. The Morgan fingerprint density at radius 2 is 2.00 bits per heavy atom. The van der Waals surface area contributed by atoms with Crippen molar-refractivity contribution in [1.82, 2.24) is 10.6 Å². The Labute approximate surface area is 149 Å². The summed E-state index contributed by atoms with van der Waals surface area (Å²) in [6, 6.07) is 12.4. The van der Waals surface area contributed by atoms with E-state index in [0.717, 1.165) is 32.1 Å². The summed E-state index contributed by atoms with van der Waals surface area (Å²) in [5.41, 5.74) is 2.58. The number of thiophene rings is 1. The molecule has 0 radical (unpaired) electrons. The molecule has 0 aliphatic heterocycles. The highest BCUT2D eigenvalue weighted by atomic mass is 32.1. The molecule has 0 saturated carbocycles. The predicted molar refractivity (Wildman–Crippen MR) is 103 cm³/mol. The second kappa shape index (κ2) is 10.8. The van der Waals surface area contributed by atoms with Crippen molar-refractivity contribution in [3.05, 3.63) is 58.3 Å². The molecule has 2 N–H and O–H groups in total. The van der Waals surface area contributed by atoms with Gasteiger partial charge in [0.05, 0.1) is 13.2 Å². The van der Waals surface area contributed by atoms with Gasteiger partial charge in [-0.25, -0.2) is 0 Å². The zero-order valence-electron chi connectivity index (χ0n) is 14.5. The van der Waals surface area contributed by atoms with Crippen molar-refractivity contribution in [3.8, 4) is 0 Å². The third-order valence-electron chi connectivity index (χ3n) is 3.64. The second-order valence-corrected chi connectivity index (χ2v) is 6.65. The lowest BCUT2D eigenvalue weighted by molar-refractivity contribution is 0.0931. The summed E-state index contributed by atoms with van der Waals surface area (Å²) in [6.07, 6.45) is 1.01. The highest BCUT2D eigenvalue weighted by Crippen LogP contribution is 2.05. The minimum atomic E-state index is 0.420. The maximum Gasteiger partial charge on any atom is 0.190 e. The van der Waals surface area contributed by atoms with E-state index in [-0.39, 0.29) is 0 Å². The summed E-state index contributed by atoms with van der Waals surface area (Å²) in [5, 5.41) is 11.0. The van der Waals surface area contributed by atoms with Crippen molar-refractivity contribution < 1.29 is 4.74 Å². The summed E-state index contributed by atoms with van der Waals surface area (Å²) in [4.78, 5) is 4.26. The van der Waals surface area contributed by atoms with Gasteiger partial charge in [-0.2, -0.15) is 11.3 Å². The van der Waals surface area contributed by atoms with Gasteiger partial charge in [0.25, 0.3) is 0 Å². The molecule has 0 aliphatic carbocycles. The molecule has 2 aromatic rings. The van der Waals surface area contributed by atoms with Crippen molar-refractivity contribution in [2.45, 2.75) is 20.0 Å². The van der Waals surface area contributed by atoms with E-state index >= 15 is 0 Å². The van der Waals surface area contributed by atoms with Crippen LogP contribution in [0, 0.1) is 5.92 Å². The van der Waals surface area contributed by atoms with E-state index in [2.05, 4.69) is 51.5 Å². The Hall–Kier alpha value is -1.85. The molecule has 4 nitrogen and oxygen atoms in total. The predicted octanol–water partition coefficient (Wildman–Crippen LogP) is 3.31. The topological polar surface area (TPSA) is 45.7 Å². The highest BCUT2D eigenvalue weighted by Gasteiger charge is 2.05. The highest BCUT2D eigenvalue weighted by molar-refractivity contribution is 7.07. The lowest BCUT2D eigenvalue weighted by Gasteiger charge is -2.16. The van der Waals surface area contributed by atoms with Crippen molar-refractivity contribution in [1.29, 1.82) is 0 Å². The monoisotopic (exact) mass is 345 g/mol. The molecule has 5 heteroatoms. The molecule has 1 unspecified atom stereocenters. The maximum absolute atomic E-state index is 5.78. The summed E-state index contributed by atoms with van der Waals surface area (Å²) >= 11 is 1.74. The molecule has 24 heavy (non-hydrogen) atoms. The number of benzene rings is 1. The van der Waals surface area contributed by atoms with E-state index in [1.807, 2.05) is 18.2 Å². The number of hydrogen-bond acceptors (Lipinski definition) is 3. The van der Waals surface area contributed by atoms with Crippen LogP contribution in [0.2, 0.25) is 0 Å². The molecule has 2 rings (SSSR count). The molecule has 0 fully saturated rings. The molecule has 1 atom stereocenters. The number of hydrogen-bond donors (Lipinski definition) is 2. The van der Waals surface area contributed by atoms with Gasteiger partial charge in [0.1, 0.15) is 0 Å². The summed E-state index contributed by atoms with van der Waals surface area (Å²) in [7, 11) is 1.80. The summed E-state index contributed by atoms with van der Waals surface area (Å²) < 4.78 is 5.78. The Bertz CT molecular complexity index is 584. The minimum Gasteiger partial charge on any atom is -0.376 e. The largest absolute Gasteiger partial charge is 0.376 e. The lowest BCUT2D eigenvalue weighted by atomic mass is 10.2. The van der Waals surface area contributed by atoms with Crippen molar-refractivity contribution >= 4 is 17.3 Å². The van der Waals surface area contributed by atoms with E-state index < -0.39 is 0 Å². The van der Waals surface area contributed by atoms with E-state index in [1.165, 1.54) is 11.1 Å². The molecule has 1 aromatic carbocycles. The third-order valence-corrected chi connectivity index (χ3v) is 4.37. The molecule has 0 spiro atoms. The van der Waals surface area contributed by atoms with E-state index in [0.29, 0.717) is 12.5 Å². The molecule has 0 aliphatic rings. The van der Waals surface area contributed by atoms with E-state index in [9.17, 15) is 0 Å². The summed E-state index contributed by atoms with van der Waals surface area (Å²) in [5.74, 6) is 1.27. The van der Waals surface area contributed by atoms with Crippen LogP contribution in [0.15, 0.2) is 52.2 Å². The quantitative estimate of drug-likeness (QED) is 0.541. The van der Waals surface area contributed by atoms with Crippen LogP contribution < -0.4 is 10.6 Å². The van der Waals surface area contributed by atoms with E-state index in [4.69, 9.17) is 4.74 Å². The minimum absolute atomic E-state index is 0.420. The van der Waals surface area contributed by atoms with Crippen LogP contribution in [0.3, 0.4) is 0 Å². The average molecular weight is 346 g/mol. The number of rotatable bonds is 9. The molecule has 130 valence electrons. The Kier molecular flexibility index (Phi) is 8.35. The number of ether oxygens (including phenoxy) is 1. The van der Waals surface area contributed by atoms with Gasteiger partial charge >= 0.3 is 0 Å². The van der Waals surface area contributed by atoms with Gasteiger partial charge in [0, 0.05) is 20.1 Å². The zero-order valence-corrected chi connectivity index (χ0v) is 15.3. The number of aliphatic imine (C=N–C) groups is 1. The first-order valence-corrected chi connectivity index (χ1v) is 9.29. The molecule has 0 saturated heterocycles. The van der Waals surface area contributed by atoms with Crippen LogP contribution in [0.25, 0.3) is 0 Å². The number of nitrogens with one attached hydrogen (secondary N) is 2. The fraction of sp³-hybridized carbons (Fsp3) is 0.421. The fourth-order valence-corrected chi connectivity index (χ4v) is 2.97. The van der Waals surface area contributed by atoms with Crippen molar-refractivity contribution in [3.63, 3.8) is 0 Å². The van der Waals surface area contributed by atoms with E-state index in [1.54, 1.807) is 18.4 Å². The van der Waals surface area contributed by atoms with Crippen LogP contribution in [-0.4, -0.2) is 32.7 Å². The van der Waals surface area contributed by atoms with Gasteiger partial charge in [-0.3, -0.25) is 4.99 Å². The lowest BCUT2D eigenvalue weighted by Crippen LogP contribution is -2.40. The van der Waals surface area contributed by atoms with Crippen molar-refractivity contribution in [2.75, 3.05) is 26.7 Å². The second-order valence-electron chi connectivity index (χ2n) is 5.87. The van der Waals surface area contributed by atoms with Crippen LogP contribution in [0.5, 0.6) is 0 Å². The standard InChI is InChI=1S/C19H27N3OS/c1-16(13-23-14-17-6-4-3-5-7-17)12-22-19(20-2)21-10-8-18-9-11-24-15-18/h3-7,9,11,15-16H,8,10,12-14H2,1-2H3,(H2,20,21,22). The number of guanidine groups is 1. The maximum atomic E-state index is 5.78. The first kappa shape index (κ1) is 18.5. The first-order chi connectivity index (χ1) is 11.8. The molecular weight excluding hydrogens is 318 g/mol. The molecular formula is C19H27N3OS. The molecule has 0 bridgehead atoms. The van der Waals surface area contributed by atoms with Crippen LogP contribution >= 0.6 is 11.3 Å². The SMILES string of the molecule is CN=C(NCCc1ccsc1)NCC(C)COCc1ccccc1. The molecule has 1 aromatic heterocycles. The Morgan fingerprint density at radius 3 is 2.71 bits per heavy atom. The van der Waals surface area contributed by atoms with Crippen LogP contribution in [-0.2, 0) is 17.8 Å². The Morgan fingerprint density at radius 1 is 1.17 bits per heavy atom. The van der Waals surface area contributed by atoms with Gasteiger partial charge in [0.15, 0.2) is 5.96 Å². The molecule has 1 heterocycles. The number of nitrogens with zero attached hydrogens (tertiary/aromatic N) is 1. The Balaban J connectivity index is 1.58. The zero-order chi connectivity index (χ0) is 17.0. The normalized spacial score (nSPS) is 12.8. The van der Waals surface area contributed by atoms with Crippen LogP contribution in [0.1, 0.15) is 18.1 Å². The van der Waals surface area contributed by atoms with Gasteiger partial charge in [-0.1, -0.05) is 37.3 Å². The van der Waals surface area contributed by atoms with Gasteiger partial charge in [-0.15, -0.1) is 0 Å². The smallest absolute Gasteiger partial charge is 0.190 e. The third kappa shape index (κ3) is 7.15. The van der Waals surface area contributed by atoms with Crippen molar-refractivity contribution in [2.24, 2.45) is 10.9 Å². The average Bonchev–Trinajstić information content (AvgIpc) is 3.12. The van der Waals surface area contributed by atoms with Crippen LogP contribution in [0.4, 0.5) is 0 Å². The summed E-state index contributed by atoms with van der Waals surface area (Å²) in [6.45, 7) is 5.30. The van der Waals surface area contributed by atoms with Gasteiger partial charge in [-0.05, 0) is 40.3 Å². The molecule has 0 amide bonds. The van der Waals surface area contributed by atoms with Gasteiger partial charge < -0.3 is 15.4 Å². The van der Waals surface area contributed by atoms with Gasteiger partial charge in [0.2, 0.25) is 0 Å².